The van der Waals surface area contributed by atoms with Gasteiger partial charge in [0.2, 0.25) is 11.8 Å². The highest BCUT2D eigenvalue weighted by atomic mass is 32.2. The smallest absolute Gasteiger partial charge is 0.261 e. The van der Waals surface area contributed by atoms with Crippen molar-refractivity contribution < 1.29 is 22.4 Å². The summed E-state index contributed by atoms with van der Waals surface area (Å²) in [4.78, 5) is 24.6. The number of carbonyl (C=O) groups excluding carboxylic acids is 2. The molecular weight excluding hydrogens is 361 g/mol. The number of sulfonamides is 1. The molecule has 1 fully saturated rings. The van der Waals surface area contributed by atoms with Crippen LogP contribution in [0, 0.1) is 11.7 Å². The van der Waals surface area contributed by atoms with Gasteiger partial charge >= 0.3 is 0 Å². The molecule has 1 saturated heterocycles. The number of primary amides is 1. The number of amides is 2. The Balaban J connectivity index is 1.77. The third-order valence-electron chi connectivity index (χ3n) is 4.08. The number of nitrogens with one attached hydrogen (secondary N) is 1. The first-order valence-electron chi connectivity index (χ1n) is 7.74. The van der Waals surface area contributed by atoms with Crippen molar-refractivity contribution in [2.45, 2.75) is 11.3 Å². The molecule has 0 spiro atoms. The molecule has 136 valence electrons. The van der Waals surface area contributed by atoms with Gasteiger partial charge in [0.05, 0.1) is 10.8 Å². The highest BCUT2D eigenvalue weighted by molar-refractivity contribution is 7.92. The molecule has 0 saturated carbocycles. The molecular formula is C17H16FN3O4S. The number of anilines is 2. The number of hydrogen-bond acceptors (Lipinski definition) is 4. The Labute approximate surface area is 149 Å². The van der Waals surface area contributed by atoms with Gasteiger partial charge in [-0.25, -0.2) is 12.8 Å². The van der Waals surface area contributed by atoms with Crippen LogP contribution in [0.15, 0.2) is 53.4 Å². The molecule has 2 aromatic rings. The van der Waals surface area contributed by atoms with Gasteiger partial charge in [0.15, 0.2) is 0 Å². The van der Waals surface area contributed by atoms with Crippen molar-refractivity contribution in [3.63, 3.8) is 0 Å². The number of hydrogen-bond donors (Lipinski definition) is 2. The number of nitrogens with two attached hydrogens (primary N) is 1. The van der Waals surface area contributed by atoms with Crippen LogP contribution < -0.4 is 15.4 Å². The number of benzene rings is 2. The lowest BCUT2D eigenvalue weighted by atomic mass is 10.1. The maximum atomic E-state index is 12.9. The molecule has 1 heterocycles. The van der Waals surface area contributed by atoms with E-state index in [0.29, 0.717) is 5.69 Å². The summed E-state index contributed by atoms with van der Waals surface area (Å²) >= 11 is 0. The zero-order valence-electron chi connectivity index (χ0n) is 13.6. The number of halogens is 1. The van der Waals surface area contributed by atoms with Gasteiger partial charge in [0.1, 0.15) is 5.82 Å². The van der Waals surface area contributed by atoms with E-state index in [4.69, 9.17) is 5.73 Å². The van der Waals surface area contributed by atoms with Crippen molar-refractivity contribution >= 4 is 33.2 Å². The van der Waals surface area contributed by atoms with Gasteiger partial charge in [-0.2, -0.15) is 0 Å². The van der Waals surface area contributed by atoms with E-state index in [0.717, 1.165) is 12.1 Å². The van der Waals surface area contributed by atoms with Gasteiger partial charge in [-0.1, -0.05) is 0 Å². The van der Waals surface area contributed by atoms with E-state index in [2.05, 4.69) is 4.72 Å². The van der Waals surface area contributed by atoms with Crippen molar-refractivity contribution in [3.8, 4) is 0 Å². The molecule has 0 aromatic heterocycles. The molecule has 0 radical (unpaired) electrons. The van der Waals surface area contributed by atoms with E-state index in [-0.39, 0.29) is 29.5 Å². The predicted octanol–water partition coefficient (Wildman–Crippen LogP) is 1.46. The summed E-state index contributed by atoms with van der Waals surface area (Å²) in [5.74, 6) is -1.80. The van der Waals surface area contributed by atoms with Crippen molar-refractivity contribution in [2.75, 3.05) is 16.2 Å². The monoisotopic (exact) mass is 377 g/mol. The van der Waals surface area contributed by atoms with E-state index in [1.807, 2.05) is 0 Å². The maximum Gasteiger partial charge on any atom is 0.261 e. The second-order valence-electron chi connectivity index (χ2n) is 5.91. The average Bonchev–Trinajstić information content (AvgIpc) is 2.99. The van der Waals surface area contributed by atoms with Crippen molar-refractivity contribution in [2.24, 2.45) is 11.7 Å². The lowest BCUT2D eigenvalue weighted by Crippen LogP contribution is -2.28. The largest absolute Gasteiger partial charge is 0.369 e. The molecule has 0 bridgehead atoms. The van der Waals surface area contributed by atoms with Crippen LogP contribution in [0.4, 0.5) is 15.8 Å². The molecule has 3 rings (SSSR count). The molecule has 26 heavy (non-hydrogen) atoms. The molecule has 1 aliphatic heterocycles. The molecule has 0 unspecified atom stereocenters. The average molecular weight is 377 g/mol. The first kappa shape index (κ1) is 17.9. The first-order chi connectivity index (χ1) is 12.3. The summed E-state index contributed by atoms with van der Waals surface area (Å²) in [6, 6.07) is 10.6. The number of rotatable bonds is 5. The zero-order chi connectivity index (χ0) is 18.9. The normalized spacial score (nSPS) is 17.3. The summed E-state index contributed by atoms with van der Waals surface area (Å²) in [6.07, 6.45) is 0.0432. The SMILES string of the molecule is NC(=O)[C@H]1CC(=O)N(c2ccc(S(=O)(=O)Nc3ccc(F)cc3)cc2)C1. The molecule has 9 heteroatoms. The van der Waals surface area contributed by atoms with Crippen LogP contribution in [0.5, 0.6) is 0 Å². The summed E-state index contributed by atoms with van der Waals surface area (Å²) in [7, 11) is -3.85. The molecule has 7 nitrogen and oxygen atoms in total. The molecule has 2 aromatic carbocycles. The zero-order valence-corrected chi connectivity index (χ0v) is 14.4. The Morgan fingerprint density at radius 1 is 1.12 bits per heavy atom. The highest BCUT2D eigenvalue weighted by Gasteiger charge is 2.34. The van der Waals surface area contributed by atoms with Crippen LogP contribution in [0.2, 0.25) is 0 Å². The minimum atomic E-state index is -3.85. The minimum absolute atomic E-state index is 0.0105. The Morgan fingerprint density at radius 3 is 2.27 bits per heavy atom. The summed E-state index contributed by atoms with van der Waals surface area (Å²) in [6.45, 7) is 0.175. The van der Waals surface area contributed by atoms with Crippen LogP contribution in [0.3, 0.4) is 0 Å². The van der Waals surface area contributed by atoms with E-state index in [1.165, 1.54) is 41.3 Å². The summed E-state index contributed by atoms with van der Waals surface area (Å²) in [5, 5.41) is 0. The fraction of sp³-hybridized carbons (Fsp3) is 0.176. The first-order valence-corrected chi connectivity index (χ1v) is 9.23. The molecule has 3 N–H and O–H groups in total. The van der Waals surface area contributed by atoms with Crippen LogP contribution in [0.25, 0.3) is 0 Å². The Hall–Kier alpha value is -2.94. The Morgan fingerprint density at radius 2 is 1.73 bits per heavy atom. The third-order valence-corrected chi connectivity index (χ3v) is 5.48. The van der Waals surface area contributed by atoms with E-state index in [1.54, 1.807) is 0 Å². The van der Waals surface area contributed by atoms with Gasteiger partial charge in [-0.05, 0) is 48.5 Å². The Bertz CT molecular complexity index is 943. The fourth-order valence-electron chi connectivity index (χ4n) is 2.68. The fourth-order valence-corrected chi connectivity index (χ4v) is 3.74. The molecule has 0 aliphatic carbocycles. The Kier molecular flexibility index (Phi) is 4.64. The lowest BCUT2D eigenvalue weighted by molar-refractivity contribution is -0.123. The number of carbonyl (C=O) groups is 2. The van der Waals surface area contributed by atoms with Crippen molar-refractivity contribution in [1.82, 2.24) is 0 Å². The maximum absolute atomic E-state index is 12.9. The lowest BCUT2D eigenvalue weighted by Gasteiger charge is -2.17. The third kappa shape index (κ3) is 3.67. The molecule has 2 amide bonds. The van der Waals surface area contributed by atoms with Gasteiger partial charge in [0.25, 0.3) is 10.0 Å². The quantitative estimate of drug-likeness (QED) is 0.822. The van der Waals surface area contributed by atoms with E-state index < -0.39 is 27.7 Å². The van der Waals surface area contributed by atoms with E-state index >= 15 is 0 Å². The van der Waals surface area contributed by atoms with Crippen LogP contribution in [-0.4, -0.2) is 26.8 Å². The minimum Gasteiger partial charge on any atom is -0.369 e. The van der Waals surface area contributed by atoms with Gasteiger partial charge in [-0.15, -0.1) is 0 Å². The van der Waals surface area contributed by atoms with Crippen LogP contribution >= 0.6 is 0 Å². The number of nitrogens with zero attached hydrogens (tertiary/aromatic N) is 1. The second kappa shape index (κ2) is 6.75. The van der Waals surface area contributed by atoms with Gasteiger partial charge < -0.3 is 10.6 Å². The van der Waals surface area contributed by atoms with Crippen molar-refractivity contribution in [3.05, 3.63) is 54.3 Å². The van der Waals surface area contributed by atoms with Gasteiger partial charge in [0, 0.05) is 24.3 Å². The summed E-state index contributed by atoms with van der Waals surface area (Å²) < 4.78 is 40.0. The second-order valence-corrected chi connectivity index (χ2v) is 7.60. The van der Waals surface area contributed by atoms with E-state index in [9.17, 15) is 22.4 Å². The topological polar surface area (TPSA) is 110 Å². The molecule has 1 atom stereocenters. The van der Waals surface area contributed by atoms with Gasteiger partial charge in [-0.3, -0.25) is 14.3 Å². The van der Waals surface area contributed by atoms with Crippen LogP contribution in [0.1, 0.15) is 6.42 Å². The standard InChI is InChI=1S/C17H16FN3O4S/c18-12-1-3-13(4-2-12)20-26(24,25)15-7-5-14(6-8-15)21-10-11(17(19)23)9-16(21)22/h1-8,11,20H,9-10H2,(H2,19,23)/t11-/m0/s1. The highest BCUT2D eigenvalue weighted by Crippen LogP contribution is 2.26. The summed E-state index contributed by atoms with van der Waals surface area (Å²) in [5.41, 5.74) is 5.95. The predicted molar refractivity (Wildman–Crippen MR) is 93.3 cm³/mol. The van der Waals surface area contributed by atoms with Crippen LogP contribution in [-0.2, 0) is 19.6 Å². The molecule has 1 aliphatic rings. The van der Waals surface area contributed by atoms with Crippen molar-refractivity contribution in [1.29, 1.82) is 0 Å².